The van der Waals surface area contributed by atoms with Crippen LogP contribution in [0.3, 0.4) is 0 Å². The molecule has 1 aliphatic heterocycles. The van der Waals surface area contributed by atoms with Gasteiger partial charge in [-0.05, 0) is 30.7 Å². The molecule has 0 saturated carbocycles. The minimum atomic E-state index is -0.418. The third-order valence-corrected chi connectivity index (χ3v) is 3.89. The van der Waals surface area contributed by atoms with Crippen molar-refractivity contribution in [2.24, 2.45) is 5.73 Å². The second kappa shape index (κ2) is 4.83. The van der Waals surface area contributed by atoms with E-state index in [4.69, 9.17) is 5.73 Å². The minimum Gasteiger partial charge on any atom is -0.366 e. The molecule has 1 aliphatic rings. The predicted molar refractivity (Wildman–Crippen MR) is 80.0 cm³/mol. The van der Waals surface area contributed by atoms with E-state index < -0.39 is 5.91 Å². The molecule has 5 heteroatoms. The first kappa shape index (κ1) is 12.4. The third-order valence-electron chi connectivity index (χ3n) is 3.43. The van der Waals surface area contributed by atoms with Gasteiger partial charge < -0.3 is 16.0 Å². The molecule has 0 unspecified atom stereocenters. The number of amides is 1. The SMILES string of the molecule is NC(=O)c1cc(Br)cc2c(C3=CCNCC3)c[nH]c12. The van der Waals surface area contributed by atoms with Crippen LogP contribution in [0.25, 0.3) is 16.5 Å². The molecule has 0 bridgehead atoms. The molecule has 0 fully saturated rings. The molecule has 4 N–H and O–H groups in total. The Hall–Kier alpha value is -1.59. The molecule has 2 heterocycles. The number of benzene rings is 1. The summed E-state index contributed by atoms with van der Waals surface area (Å²) in [5, 5.41) is 4.33. The molecule has 0 spiro atoms. The number of hydrogen-bond acceptors (Lipinski definition) is 2. The van der Waals surface area contributed by atoms with Crippen molar-refractivity contribution in [3.8, 4) is 0 Å². The third kappa shape index (κ3) is 2.19. The monoisotopic (exact) mass is 319 g/mol. The first-order chi connectivity index (χ1) is 9.16. The highest BCUT2D eigenvalue weighted by Crippen LogP contribution is 2.32. The molecule has 4 nitrogen and oxygen atoms in total. The number of nitrogens with two attached hydrogens (primary N) is 1. The summed E-state index contributed by atoms with van der Waals surface area (Å²) in [6.07, 6.45) is 5.14. The normalized spacial score (nSPS) is 15.5. The molecule has 0 aliphatic carbocycles. The average Bonchev–Trinajstić information content (AvgIpc) is 2.82. The standard InChI is InChI=1S/C14H14BrN3O/c15-9-5-10-12(8-1-3-17-4-2-8)7-18-13(10)11(6-9)14(16)19/h1,5-7,17-18H,2-4H2,(H2,16,19). The van der Waals surface area contributed by atoms with Crippen LogP contribution in [0.1, 0.15) is 22.3 Å². The van der Waals surface area contributed by atoms with E-state index >= 15 is 0 Å². The summed E-state index contributed by atoms with van der Waals surface area (Å²) in [4.78, 5) is 14.7. The molecule has 98 valence electrons. The number of hydrogen-bond donors (Lipinski definition) is 3. The quantitative estimate of drug-likeness (QED) is 0.795. The maximum absolute atomic E-state index is 11.5. The van der Waals surface area contributed by atoms with Crippen LogP contribution >= 0.6 is 15.9 Å². The number of rotatable bonds is 2. The zero-order chi connectivity index (χ0) is 13.4. The van der Waals surface area contributed by atoms with Gasteiger partial charge in [0.25, 0.3) is 5.91 Å². The molecule has 0 radical (unpaired) electrons. The fourth-order valence-corrected chi connectivity index (χ4v) is 2.98. The zero-order valence-electron chi connectivity index (χ0n) is 10.3. The maximum atomic E-state index is 11.5. The highest BCUT2D eigenvalue weighted by atomic mass is 79.9. The highest BCUT2D eigenvalue weighted by Gasteiger charge is 2.15. The van der Waals surface area contributed by atoms with Crippen molar-refractivity contribution in [1.29, 1.82) is 0 Å². The van der Waals surface area contributed by atoms with E-state index in [1.165, 1.54) is 5.57 Å². The van der Waals surface area contributed by atoms with Crippen LogP contribution in [0.2, 0.25) is 0 Å². The van der Waals surface area contributed by atoms with E-state index in [2.05, 4.69) is 32.3 Å². The van der Waals surface area contributed by atoms with Gasteiger partial charge in [-0.25, -0.2) is 0 Å². The largest absolute Gasteiger partial charge is 0.366 e. The first-order valence-corrected chi connectivity index (χ1v) is 6.96. The molecule has 0 atom stereocenters. The van der Waals surface area contributed by atoms with Gasteiger partial charge in [-0.2, -0.15) is 0 Å². The number of primary amides is 1. The molecule has 0 saturated heterocycles. The summed E-state index contributed by atoms with van der Waals surface area (Å²) in [7, 11) is 0. The van der Waals surface area contributed by atoms with Gasteiger partial charge in [-0.3, -0.25) is 4.79 Å². The van der Waals surface area contributed by atoms with Gasteiger partial charge in [0.1, 0.15) is 0 Å². The lowest BCUT2D eigenvalue weighted by Gasteiger charge is -2.13. The Kier molecular flexibility index (Phi) is 3.16. The second-order valence-corrected chi connectivity index (χ2v) is 5.54. The minimum absolute atomic E-state index is 0.418. The van der Waals surface area contributed by atoms with Crippen LogP contribution in [-0.2, 0) is 0 Å². The van der Waals surface area contributed by atoms with Crippen LogP contribution in [-0.4, -0.2) is 24.0 Å². The summed E-state index contributed by atoms with van der Waals surface area (Å²) < 4.78 is 0.865. The fraction of sp³-hybridized carbons (Fsp3) is 0.214. The van der Waals surface area contributed by atoms with E-state index in [1.807, 2.05) is 12.3 Å². The van der Waals surface area contributed by atoms with E-state index in [0.29, 0.717) is 5.56 Å². The Bertz CT molecular complexity index is 687. The summed E-state index contributed by atoms with van der Waals surface area (Å²) >= 11 is 3.44. The lowest BCUT2D eigenvalue weighted by molar-refractivity contribution is 0.100. The van der Waals surface area contributed by atoms with Gasteiger partial charge in [0.2, 0.25) is 0 Å². The van der Waals surface area contributed by atoms with Crippen molar-refractivity contribution in [2.45, 2.75) is 6.42 Å². The molecule has 1 aromatic heterocycles. The number of carbonyl (C=O) groups is 1. The lowest BCUT2D eigenvalue weighted by Crippen LogP contribution is -2.19. The number of nitrogens with one attached hydrogen (secondary N) is 2. The highest BCUT2D eigenvalue weighted by molar-refractivity contribution is 9.10. The number of aromatic nitrogens is 1. The van der Waals surface area contributed by atoms with Crippen LogP contribution in [0.15, 0.2) is 28.9 Å². The Morgan fingerprint density at radius 2 is 2.21 bits per heavy atom. The van der Waals surface area contributed by atoms with Crippen LogP contribution in [0.5, 0.6) is 0 Å². The molecule has 2 aromatic rings. The maximum Gasteiger partial charge on any atom is 0.250 e. The second-order valence-electron chi connectivity index (χ2n) is 4.63. The van der Waals surface area contributed by atoms with Crippen molar-refractivity contribution in [3.05, 3.63) is 40.0 Å². The molecular formula is C14H14BrN3O. The van der Waals surface area contributed by atoms with E-state index in [1.54, 1.807) is 6.07 Å². The number of H-pyrrole nitrogens is 1. The Balaban J connectivity index is 2.23. The van der Waals surface area contributed by atoms with Gasteiger partial charge in [-0.1, -0.05) is 22.0 Å². The van der Waals surface area contributed by atoms with Crippen molar-refractivity contribution in [3.63, 3.8) is 0 Å². The number of halogens is 1. The van der Waals surface area contributed by atoms with Crippen molar-refractivity contribution < 1.29 is 4.79 Å². The molecule has 19 heavy (non-hydrogen) atoms. The number of aromatic amines is 1. The van der Waals surface area contributed by atoms with Gasteiger partial charge >= 0.3 is 0 Å². The number of fused-ring (bicyclic) bond motifs is 1. The summed E-state index contributed by atoms with van der Waals surface area (Å²) in [6, 6.07) is 3.78. The average molecular weight is 320 g/mol. The topological polar surface area (TPSA) is 70.9 Å². The molecular weight excluding hydrogens is 306 g/mol. The molecule has 3 rings (SSSR count). The van der Waals surface area contributed by atoms with Gasteiger partial charge in [0.05, 0.1) is 11.1 Å². The van der Waals surface area contributed by atoms with Gasteiger partial charge in [-0.15, -0.1) is 0 Å². The van der Waals surface area contributed by atoms with Gasteiger partial charge in [0, 0.05) is 28.2 Å². The van der Waals surface area contributed by atoms with Crippen LogP contribution < -0.4 is 11.1 Å². The van der Waals surface area contributed by atoms with E-state index in [-0.39, 0.29) is 0 Å². The van der Waals surface area contributed by atoms with Gasteiger partial charge in [0.15, 0.2) is 0 Å². The fourth-order valence-electron chi connectivity index (χ4n) is 2.52. The Labute approximate surface area is 119 Å². The Morgan fingerprint density at radius 1 is 1.37 bits per heavy atom. The zero-order valence-corrected chi connectivity index (χ0v) is 11.9. The summed E-state index contributed by atoms with van der Waals surface area (Å²) in [6.45, 7) is 1.87. The van der Waals surface area contributed by atoms with Crippen LogP contribution in [0.4, 0.5) is 0 Å². The first-order valence-electron chi connectivity index (χ1n) is 6.17. The summed E-state index contributed by atoms with van der Waals surface area (Å²) in [5.74, 6) is -0.418. The lowest BCUT2D eigenvalue weighted by atomic mass is 9.98. The molecule has 1 amide bonds. The number of carbonyl (C=O) groups excluding carboxylic acids is 1. The molecule has 1 aromatic carbocycles. The predicted octanol–water partition coefficient (Wildman–Crippen LogP) is 2.41. The van der Waals surface area contributed by atoms with Crippen LogP contribution in [0, 0.1) is 0 Å². The Morgan fingerprint density at radius 3 is 2.89 bits per heavy atom. The van der Waals surface area contributed by atoms with Crippen molar-refractivity contribution in [1.82, 2.24) is 10.3 Å². The van der Waals surface area contributed by atoms with E-state index in [0.717, 1.165) is 40.4 Å². The summed E-state index contributed by atoms with van der Waals surface area (Å²) in [5.41, 5.74) is 9.22. The smallest absolute Gasteiger partial charge is 0.250 e. The van der Waals surface area contributed by atoms with Crippen molar-refractivity contribution in [2.75, 3.05) is 13.1 Å². The van der Waals surface area contributed by atoms with Crippen molar-refractivity contribution >= 4 is 38.3 Å². The van der Waals surface area contributed by atoms with E-state index in [9.17, 15) is 4.79 Å².